The van der Waals surface area contributed by atoms with Gasteiger partial charge in [0, 0.05) is 13.0 Å². The van der Waals surface area contributed by atoms with Gasteiger partial charge in [-0.3, -0.25) is 9.59 Å². The van der Waals surface area contributed by atoms with E-state index in [-0.39, 0.29) is 35.9 Å². The minimum atomic E-state index is -0.915. The van der Waals surface area contributed by atoms with Crippen LogP contribution in [0.2, 0.25) is 0 Å². The Morgan fingerprint density at radius 2 is 2.00 bits per heavy atom. The molecule has 1 rings (SSSR count). The maximum Gasteiger partial charge on any atom is 0.303 e. The van der Waals surface area contributed by atoms with Crippen molar-refractivity contribution < 1.29 is 24.9 Å². The molecule has 0 aromatic heterocycles. The number of carbonyl (C=O) groups is 2. The standard InChI is InChI=1S/C13H17NO5/c1-2-8(5-12(17)18)7-14-13(19)10-6-9(15)3-4-11(10)16/h3-4,6,8,15-16H,2,5,7H2,1H3,(H,14,19)(H,17,18). The fourth-order valence-corrected chi connectivity index (χ4v) is 1.65. The zero-order valence-corrected chi connectivity index (χ0v) is 10.6. The van der Waals surface area contributed by atoms with E-state index in [1.54, 1.807) is 0 Å². The van der Waals surface area contributed by atoms with Crippen molar-refractivity contribution >= 4 is 11.9 Å². The van der Waals surface area contributed by atoms with Crippen molar-refractivity contribution in [3.05, 3.63) is 23.8 Å². The van der Waals surface area contributed by atoms with Gasteiger partial charge in [-0.2, -0.15) is 0 Å². The lowest BCUT2D eigenvalue weighted by atomic mass is 10.0. The molecule has 0 bridgehead atoms. The molecule has 0 aliphatic carbocycles. The lowest BCUT2D eigenvalue weighted by molar-refractivity contribution is -0.138. The molecule has 19 heavy (non-hydrogen) atoms. The minimum Gasteiger partial charge on any atom is -0.508 e. The van der Waals surface area contributed by atoms with Gasteiger partial charge in [-0.1, -0.05) is 13.3 Å². The fourth-order valence-electron chi connectivity index (χ4n) is 1.65. The van der Waals surface area contributed by atoms with Crippen LogP contribution in [0.25, 0.3) is 0 Å². The monoisotopic (exact) mass is 267 g/mol. The summed E-state index contributed by atoms with van der Waals surface area (Å²) in [4.78, 5) is 22.4. The van der Waals surface area contributed by atoms with Crippen LogP contribution in [-0.2, 0) is 4.79 Å². The molecule has 0 saturated heterocycles. The van der Waals surface area contributed by atoms with Gasteiger partial charge < -0.3 is 20.6 Å². The second kappa shape index (κ2) is 6.63. The van der Waals surface area contributed by atoms with E-state index in [9.17, 15) is 19.8 Å². The molecule has 0 heterocycles. The number of aliphatic carboxylic acids is 1. The second-order valence-corrected chi connectivity index (χ2v) is 4.28. The second-order valence-electron chi connectivity index (χ2n) is 4.28. The van der Waals surface area contributed by atoms with Crippen LogP contribution < -0.4 is 5.32 Å². The molecule has 4 N–H and O–H groups in total. The summed E-state index contributed by atoms with van der Waals surface area (Å²) < 4.78 is 0. The van der Waals surface area contributed by atoms with E-state index in [0.717, 1.165) is 6.07 Å². The summed E-state index contributed by atoms with van der Waals surface area (Å²) in [6, 6.07) is 3.65. The van der Waals surface area contributed by atoms with Gasteiger partial charge in [0.1, 0.15) is 11.5 Å². The van der Waals surface area contributed by atoms with Crippen LogP contribution in [0, 0.1) is 5.92 Å². The Labute approximate surface area is 110 Å². The van der Waals surface area contributed by atoms with Crippen molar-refractivity contribution in [2.24, 2.45) is 5.92 Å². The van der Waals surface area contributed by atoms with Crippen LogP contribution in [0.15, 0.2) is 18.2 Å². The van der Waals surface area contributed by atoms with Crippen molar-refractivity contribution in [3.8, 4) is 11.5 Å². The average Bonchev–Trinajstić information content (AvgIpc) is 2.36. The first-order valence-electron chi connectivity index (χ1n) is 5.96. The third kappa shape index (κ3) is 4.50. The molecule has 1 aromatic carbocycles. The van der Waals surface area contributed by atoms with E-state index >= 15 is 0 Å². The Morgan fingerprint density at radius 3 is 2.58 bits per heavy atom. The van der Waals surface area contributed by atoms with Gasteiger partial charge in [-0.05, 0) is 24.1 Å². The van der Waals surface area contributed by atoms with Gasteiger partial charge in [0.15, 0.2) is 0 Å². The van der Waals surface area contributed by atoms with Crippen molar-refractivity contribution in [1.29, 1.82) is 0 Å². The van der Waals surface area contributed by atoms with Gasteiger partial charge in [0.2, 0.25) is 0 Å². The van der Waals surface area contributed by atoms with Crippen LogP contribution in [0.1, 0.15) is 30.1 Å². The molecule has 104 valence electrons. The summed E-state index contributed by atoms with van der Waals surface area (Å²) >= 11 is 0. The molecule has 0 saturated carbocycles. The van der Waals surface area contributed by atoms with Gasteiger partial charge in [-0.25, -0.2) is 0 Å². The largest absolute Gasteiger partial charge is 0.508 e. The zero-order chi connectivity index (χ0) is 14.4. The van der Waals surface area contributed by atoms with Gasteiger partial charge in [-0.15, -0.1) is 0 Å². The Hall–Kier alpha value is -2.24. The normalized spacial score (nSPS) is 11.8. The number of carboxylic acids is 1. The molecule has 0 aliphatic heterocycles. The number of rotatable bonds is 6. The van der Waals surface area contributed by atoms with E-state index in [0.29, 0.717) is 6.42 Å². The van der Waals surface area contributed by atoms with Crippen LogP contribution in [0.5, 0.6) is 11.5 Å². The highest BCUT2D eigenvalue weighted by Crippen LogP contribution is 2.21. The molecular formula is C13H17NO5. The lowest BCUT2D eigenvalue weighted by Gasteiger charge is -2.14. The summed E-state index contributed by atoms with van der Waals surface area (Å²) in [6.07, 6.45) is 0.599. The third-order valence-electron chi connectivity index (χ3n) is 2.82. The van der Waals surface area contributed by atoms with E-state index in [2.05, 4.69) is 5.32 Å². The highest BCUT2D eigenvalue weighted by molar-refractivity contribution is 5.97. The Balaban J connectivity index is 2.64. The first kappa shape index (κ1) is 14.8. The Kier molecular flexibility index (Phi) is 5.17. The van der Waals surface area contributed by atoms with E-state index in [1.165, 1.54) is 12.1 Å². The fraction of sp³-hybridized carbons (Fsp3) is 0.385. The Morgan fingerprint density at radius 1 is 1.32 bits per heavy atom. The molecule has 1 amide bonds. The number of phenolic OH excluding ortho intramolecular Hbond substituents is 2. The summed E-state index contributed by atoms with van der Waals surface area (Å²) in [6.45, 7) is 2.04. The summed E-state index contributed by atoms with van der Waals surface area (Å²) in [5, 5.41) is 30.0. The lowest BCUT2D eigenvalue weighted by Crippen LogP contribution is -2.30. The molecule has 6 heteroatoms. The number of phenols is 2. The number of hydrogen-bond donors (Lipinski definition) is 4. The maximum absolute atomic E-state index is 11.8. The highest BCUT2D eigenvalue weighted by atomic mass is 16.4. The van der Waals surface area contributed by atoms with E-state index < -0.39 is 11.9 Å². The Bertz CT molecular complexity index is 472. The van der Waals surface area contributed by atoms with Crippen LogP contribution >= 0.6 is 0 Å². The zero-order valence-electron chi connectivity index (χ0n) is 10.6. The van der Waals surface area contributed by atoms with Crippen LogP contribution in [-0.4, -0.2) is 33.7 Å². The molecular weight excluding hydrogens is 250 g/mol. The van der Waals surface area contributed by atoms with E-state index in [4.69, 9.17) is 5.11 Å². The molecule has 0 aliphatic rings. The van der Waals surface area contributed by atoms with Gasteiger partial charge in [0.25, 0.3) is 5.91 Å². The average molecular weight is 267 g/mol. The van der Waals surface area contributed by atoms with Crippen LogP contribution in [0.4, 0.5) is 0 Å². The number of benzene rings is 1. The minimum absolute atomic E-state index is 0.0250. The summed E-state index contributed by atoms with van der Waals surface area (Å²) in [5.74, 6) is -1.98. The summed E-state index contributed by atoms with van der Waals surface area (Å²) in [5.41, 5.74) is -0.0369. The number of aromatic hydroxyl groups is 2. The molecule has 0 spiro atoms. The number of carboxylic acid groups (broad SMARTS) is 1. The number of hydrogen-bond acceptors (Lipinski definition) is 4. The topological polar surface area (TPSA) is 107 Å². The predicted molar refractivity (Wildman–Crippen MR) is 68.1 cm³/mol. The smallest absolute Gasteiger partial charge is 0.303 e. The third-order valence-corrected chi connectivity index (χ3v) is 2.82. The SMILES string of the molecule is CCC(CNC(=O)c1cc(O)ccc1O)CC(=O)O. The van der Waals surface area contributed by atoms with Gasteiger partial charge >= 0.3 is 5.97 Å². The quantitative estimate of drug-likeness (QED) is 0.582. The molecule has 1 atom stereocenters. The van der Waals surface area contributed by atoms with Crippen LogP contribution in [0.3, 0.4) is 0 Å². The first-order valence-corrected chi connectivity index (χ1v) is 5.96. The van der Waals surface area contributed by atoms with Crippen molar-refractivity contribution in [3.63, 3.8) is 0 Å². The maximum atomic E-state index is 11.8. The first-order chi connectivity index (χ1) is 8.93. The number of carbonyl (C=O) groups excluding carboxylic acids is 1. The number of amides is 1. The molecule has 1 aromatic rings. The molecule has 1 unspecified atom stereocenters. The van der Waals surface area contributed by atoms with Gasteiger partial charge in [0.05, 0.1) is 5.56 Å². The van der Waals surface area contributed by atoms with E-state index in [1.807, 2.05) is 6.92 Å². The molecule has 0 fully saturated rings. The molecule has 0 radical (unpaired) electrons. The summed E-state index contributed by atoms with van der Waals surface area (Å²) in [7, 11) is 0. The van der Waals surface area contributed by atoms with Crippen molar-refractivity contribution in [1.82, 2.24) is 5.32 Å². The number of nitrogens with one attached hydrogen (secondary N) is 1. The predicted octanol–water partition coefficient (Wildman–Crippen LogP) is 1.33. The van der Waals surface area contributed by atoms with Crippen molar-refractivity contribution in [2.75, 3.05) is 6.54 Å². The van der Waals surface area contributed by atoms with Crippen molar-refractivity contribution in [2.45, 2.75) is 19.8 Å². The molecule has 6 nitrogen and oxygen atoms in total. The highest BCUT2D eigenvalue weighted by Gasteiger charge is 2.15.